The number of nitrogens with one attached hydrogen (secondary N) is 2. The lowest BCUT2D eigenvalue weighted by atomic mass is 10.1. The molecular weight excluding hydrogens is 332 g/mol. The predicted octanol–water partition coefficient (Wildman–Crippen LogP) is 3.15. The van der Waals surface area contributed by atoms with Crippen LogP contribution in [0.15, 0.2) is 47.3 Å². The average Bonchev–Trinajstić information content (AvgIpc) is 2.55. The van der Waals surface area contributed by atoms with Crippen molar-refractivity contribution in [2.45, 2.75) is 0 Å². The molecule has 0 saturated heterocycles. The summed E-state index contributed by atoms with van der Waals surface area (Å²) in [6.45, 7) is 0. The summed E-state index contributed by atoms with van der Waals surface area (Å²) >= 11 is 5.86. The molecule has 3 aromatic rings. The number of hydrogen-bond donors (Lipinski definition) is 3. The van der Waals surface area contributed by atoms with Gasteiger partial charge in [0.05, 0.1) is 12.6 Å². The minimum Gasteiger partial charge on any atom is -0.506 e. The standard InChI is InChI=1S/C17H13ClN2O4/c1-24-11-5-3-10(4-6-11)19-16(22)14-15(21)12-7-2-9(18)8-13(12)20-17(14)23/h2-8H,1H3,(H,19,22)(H2,20,21,23). The van der Waals surface area contributed by atoms with Gasteiger partial charge in [0, 0.05) is 16.1 Å². The lowest BCUT2D eigenvalue weighted by Crippen LogP contribution is -2.23. The maximum absolute atomic E-state index is 12.4. The third-order valence-electron chi connectivity index (χ3n) is 3.52. The highest BCUT2D eigenvalue weighted by Crippen LogP contribution is 2.27. The third kappa shape index (κ3) is 2.91. The Morgan fingerprint density at radius 2 is 1.92 bits per heavy atom. The molecule has 3 N–H and O–H groups in total. The second-order valence-corrected chi connectivity index (χ2v) is 5.49. The van der Waals surface area contributed by atoms with E-state index in [0.29, 0.717) is 27.4 Å². The number of ether oxygens (including phenoxy) is 1. The quantitative estimate of drug-likeness (QED) is 0.680. The van der Waals surface area contributed by atoms with Crippen LogP contribution < -0.4 is 15.6 Å². The maximum Gasteiger partial charge on any atom is 0.265 e. The van der Waals surface area contributed by atoms with E-state index in [-0.39, 0.29) is 5.56 Å². The van der Waals surface area contributed by atoms with E-state index >= 15 is 0 Å². The van der Waals surface area contributed by atoms with E-state index in [9.17, 15) is 14.7 Å². The highest BCUT2D eigenvalue weighted by Gasteiger charge is 2.19. The Morgan fingerprint density at radius 1 is 1.21 bits per heavy atom. The molecule has 3 rings (SSSR count). The van der Waals surface area contributed by atoms with Crippen molar-refractivity contribution in [3.05, 3.63) is 63.4 Å². The summed E-state index contributed by atoms with van der Waals surface area (Å²) in [5.41, 5.74) is -0.240. The molecule has 24 heavy (non-hydrogen) atoms. The Bertz CT molecular complexity index is 980. The molecule has 0 aliphatic heterocycles. The van der Waals surface area contributed by atoms with E-state index in [4.69, 9.17) is 16.3 Å². The van der Waals surface area contributed by atoms with Crippen LogP contribution in [0.2, 0.25) is 5.02 Å². The smallest absolute Gasteiger partial charge is 0.265 e. The summed E-state index contributed by atoms with van der Waals surface area (Å²) in [6, 6.07) is 11.2. The Balaban J connectivity index is 2.00. The number of aromatic amines is 1. The Labute approximate surface area is 141 Å². The summed E-state index contributed by atoms with van der Waals surface area (Å²) in [4.78, 5) is 27.1. The van der Waals surface area contributed by atoms with Gasteiger partial charge in [-0.15, -0.1) is 0 Å². The first-order valence-electron chi connectivity index (χ1n) is 6.99. The van der Waals surface area contributed by atoms with Crippen molar-refractivity contribution in [1.82, 2.24) is 4.98 Å². The molecule has 0 radical (unpaired) electrons. The number of aromatic hydroxyl groups is 1. The molecule has 0 fully saturated rings. The number of carbonyl (C=O) groups excluding carboxylic acids is 1. The second-order valence-electron chi connectivity index (χ2n) is 5.05. The molecule has 7 heteroatoms. The van der Waals surface area contributed by atoms with Gasteiger partial charge in [-0.2, -0.15) is 0 Å². The summed E-state index contributed by atoms with van der Waals surface area (Å²) in [5, 5.41) is 13.6. The van der Waals surface area contributed by atoms with E-state index in [1.54, 1.807) is 30.3 Å². The molecule has 0 bridgehead atoms. The number of halogens is 1. The highest BCUT2D eigenvalue weighted by atomic mass is 35.5. The van der Waals surface area contributed by atoms with Crippen molar-refractivity contribution in [1.29, 1.82) is 0 Å². The van der Waals surface area contributed by atoms with E-state index in [1.807, 2.05) is 0 Å². The number of hydrogen-bond acceptors (Lipinski definition) is 4. The molecule has 0 atom stereocenters. The van der Waals surface area contributed by atoms with E-state index in [2.05, 4.69) is 10.3 Å². The van der Waals surface area contributed by atoms with Gasteiger partial charge in [0.15, 0.2) is 0 Å². The molecule has 1 heterocycles. The molecule has 2 aromatic carbocycles. The lowest BCUT2D eigenvalue weighted by Gasteiger charge is -2.09. The summed E-state index contributed by atoms with van der Waals surface area (Å²) in [7, 11) is 1.53. The second kappa shape index (κ2) is 6.25. The number of methoxy groups -OCH3 is 1. The number of pyridine rings is 1. The number of amides is 1. The molecule has 0 aliphatic rings. The van der Waals surface area contributed by atoms with Crippen LogP contribution in [0, 0.1) is 0 Å². The number of rotatable bonds is 3. The van der Waals surface area contributed by atoms with Crippen molar-refractivity contribution in [3.63, 3.8) is 0 Å². The van der Waals surface area contributed by atoms with Crippen LogP contribution in [-0.2, 0) is 0 Å². The minimum atomic E-state index is -0.712. The van der Waals surface area contributed by atoms with Gasteiger partial charge in [-0.05, 0) is 42.5 Å². The Kier molecular flexibility index (Phi) is 4.14. The van der Waals surface area contributed by atoms with Gasteiger partial charge >= 0.3 is 0 Å². The summed E-state index contributed by atoms with van der Waals surface area (Å²) < 4.78 is 5.04. The van der Waals surface area contributed by atoms with Crippen molar-refractivity contribution < 1.29 is 14.6 Å². The fourth-order valence-corrected chi connectivity index (χ4v) is 2.50. The number of H-pyrrole nitrogens is 1. The molecule has 1 amide bonds. The van der Waals surface area contributed by atoms with Crippen molar-refractivity contribution >= 4 is 34.1 Å². The zero-order valence-corrected chi connectivity index (χ0v) is 13.3. The molecule has 0 aliphatic carbocycles. The molecule has 122 valence electrons. The topological polar surface area (TPSA) is 91.4 Å². The molecule has 0 unspecified atom stereocenters. The molecule has 0 saturated carbocycles. The molecule has 6 nitrogen and oxygen atoms in total. The highest BCUT2D eigenvalue weighted by molar-refractivity contribution is 6.31. The first-order chi connectivity index (χ1) is 11.5. The van der Waals surface area contributed by atoms with Crippen molar-refractivity contribution in [2.24, 2.45) is 0 Å². The van der Waals surface area contributed by atoms with Crippen LogP contribution in [0.4, 0.5) is 5.69 Å². The fraction of sp³-hybridized carbons (Fsp3) is 0.0588. The fourth-order valence-electron chi connectivity index (χ4n) is 2.33. The molecular formula is C17H13ClN2O4. The zero-order valence-electron chi connectivity index (χ0n) is 12.6. The SMILES string of the molecule is COc1ccc(NC(=O)c2c(O)c3ccc(Cl)cc3[nH]c2=O)cc1. The Hall–Kier alpha value is -2.99. The number of benzene rings is 2. The summed E-state index contributed by atoms with van der Waals surface area (Å²) in [5.74, 6) is -0.469. The minimum absolute atomic E-state index is 0.332. The van der Waals surface area contributed by atoms with Crippen molar-refractivity contribution in [2.75, 3.05) is 12.4 Å². The normalized spacial score (nSPS) is 10.6. The maximum atomic E-state index is 12.4. The van der Waals surface area contributed by atoms with Gasteiger partial charge in [-0.25, -0.2) is 0 Å². The average molecular weight is 345 g/mol. The van der Waals surface area contributed by atoms with Crippen LogP contribution in [0.1, 0.15) is 10.4 Å². The summed E-state index contributed by atoms with van der Waals surface area (Å²) in [6.07, 6.45) is 0. The van der Waals surface area contributed by atoms with Gasteiger partial charge in [-0.3, -0.25) is 9.59 Å². The van der Waals surface area contributed by atoms with Gasteiger partial charge in [0.2, 0.25) is 0 Å². The molecule has 0 spiro atoms. The van der Waals surface area contributed by atoms with E-state index in [0.717, 1.165) is 0 Å². The predicted molar refractivity (Wildman–Crippen MR) is 92.2 cm³/mol. The van der Waals surface area contributed by atoms with E-state index < -0.39 is 17.2 Å². The lowest BCUT2D eigenvalue weighted by molar-refractivity contribution is 0.102. The van der Waals surface area contributed by atoms with Gasteiger partial charge in [-0.1, -0.05) is 11.6 Å². The van der Waals surface area contributed by atoms with Crippen LogP contribution in [0.25, 0.3) is 10.9 Å². The van der Waals surface area contributed by atoms with Crippen molar-refractivity contribution in [3.8, 4) is 11.5 Å². The largest absolute Gasteiger partial charge is 0.506 e. The van der Waals surface area contributed by atoms with Gasteiger partial charge in [0.25, 0.3) is 11.5 Å². The number of fused-ring (bicyclic) bond motifs is 1. The van der Waals surface area contributed by atoms with Gasteiger partial charge in [0.1, 0.15) is 17.1 Å². The van der Waals surface area contributed by atoms with Crippen LogP contribution in [0.5, 0.6) is 11.5 Å². The third-order valence-corrected chi connectivity index (χ3v) is 3.76. The number of anilines is 1. The van der Waals surface area contributed by atoms with Crippen LogP contribution in [-0.4, -0.2) is 23.1 Å². The monoisotopic (exact) mass is 344 g/mol. The van der Waals surface area contributed by atoms with E-state index in [1.165, 1.54) is 19.2 Å². The van der Waals surface area contributed by atoms with Crippen LogP contribution in [0.3, 0.4) is 0 Å². The first-order valence-corrected chi connectivity index (χ1v) is 7.37. The zero-order chi connectivity index (χ0) is 17.3. The van der Waals surface area contributed by atoms with Crippen LogP contribution >= 0.6 is 11.6 Å². The Morgan fingerprint density at radius 3 is 2.58 bits per heavy atom. The number of carbonyl (C=O) groups is 1. The first kappa shape index (κ1) is 15.9. The molecule has 1 aromatic heterocycles. The number of aromatic nitrogens is 1. The van der Waals surface area contributed by atoms with Gasteiger partial charge < -0.3 is 20.1 Å².